The molecule has 4 aromatic heterocycles. The second-order valence-corrected chi connectivity index (χ2v) is 17.7. The summed E-state index contributed by atoms with van der Waals surface area (Å²) in [5.41, 5.74) is -1.53. The minimum absolute atomic E-state index is 0.0585. The maximum atomic E-state index is 12.1. The number of phenols is 11. The molecule has 0 saturated carbocycles. The van der Waals surface area contributed by atoms with Crippen molar-refractivity contribution in [3.8, 4) is 132 Å². The number of rotatable bonds is 4. The molecule has 418 valence electrons. The lowest BCUT2D eigenvalue weighted by molar-refractivity contribution is 0.367. The Kier molecular flexibility index (Phi) is 14.8. The van der Waals surface area contributed by atoms with Crippen LogP contribution in [0.5, 0.6) is 86.2 Å². The van der Waals surface area contributed by atoms with Gasteiger partial charge in [0.15, 0.2) is 63.3 Å². The van der Waals surface area contributed by atoms with Gasteiger partial charge in [0.05, 0.1) is 38.2 Å². The predicted octanol–water partition coefficient (Wildman–Crippen LogP) is 9.42. The summed E-state index contributed by atoms with van der Waals surface area (Å²) in [7, 11) is 0. The van der Waals surface area contributed by atoms with Crippen molar-refractivity contribution in [3.05, 3.63) is 193 Å². The summed E-state index contributed by atoms with van der Waals surface area (Å²) in [4.78, 5) is 48.3. The van der Waals surface area contributed by atoms with E-state index in [0.717, 1.165) is 36.4 Å². The van der Waals surface area contributed by atoms with E-state index in [9.17, 15) is 95.8 Å². The van der Waals surface area contributed by atoms with Crippen molar-refractivity contribution in [2.24, 2.45) is 0 Å². The van der Waals surface area contributed by atoms with Crippen molar-refractivity contribution in [1.29, 1.82) is 0 Å². The van der Waals surface area contributed by atoms with Crippen molar-refractivity contribution in [3.63, 3.8) is 0 Å². The summed E-state index contributed by atoms with van der Waals surface area (Å²) in [6.45, 7) is 0. The number of fused-ring (bicyclic) bond motifs is 4. The molecular formula is C60H40O23. The van der Waals surface area contributed by atoms with E-state index in [1.807, 2.05) is 0 Å². The summed E-state index contributed by atoms with van der Waals surface area (Å²) in [5.74, 6) is -9.28. The predicted molar refractivity (Wildman–Crippen MR) is 297 cm³/mol. The van der Waals surface area contributed by atoms with Crippen LogP contribution in [0.25, 0.3) is 89.2 Å². The van der Waals surface area contributed by atoms with Crippen LogP contribution >= 0.6 is 0 Å². The van der Waals surface area contributed by atoms with Gasteiger partial charge >= 0.3 is 0 Å². The molecule has 0 aliphatic heterocycles. The Balaban J connectivity index is 0.000000133. The SMILES string of the molecule is O=c1c(O)c(-c2cc(O)c(O)c(O)c2)oc2ccccc12.O=c1c(O)c(-c2cc(O)c(O)cc2O)oc2ccccc12.O=c1c(O)c(-c2ccc(O)c(O)c2O)oc2ccccc12.O=c1c(O)c(-c2ccc(O)cc2O)oc2ccccc12. The van der Waals surface area contributed by atoms with E-state index in [2.05, 4.69) is 0 Å². The number of para-hydroxylation sites is 4. The Bertz CT molecular complexity index is 4680. The van der Waals surface area contributed by atoms with Crippen LogP contribution in [-0.2, 0) is 0 Å². The van der Waals surface area contributed by atoms with Gasteiger partial charge in [-0.15, -0.1) is 0 Å². The molecule has 15 N–H and O–H groups in total. The van der Waals surface area contributed by atoms with Crippen LogP contribution in [0.3, 0.4) is 0 Å². The quantitative estimate of drug-likeness (QED) is 0.0576. The summed E-state index contributed by atoms with van der Waals surface area (Å²) >= 11 is 0. The molecule has 23 nitrogen and oxygen atoms in total. The third-order valence-electron chi connectivity index (χ3n) is 12.4. The molecule has 0 saturated heterocycles. The van der Waals surface area contributed by atoms with E-state index in [4.69, 9.17) is 17.7 Å². The molecular weight excluding hydrogens is 1090 g/mol. The Morgan fingerprint density at radius 1 is 0.241 bits per heavy atom. The van der Waals surface area contributed by atoms with Crippen LogP contribution in [0.4, 0.5) is 0 Å². The zero-order valence-corrected chi connectivity index (χ0v) is 41.9. The maximum absolute atomic E-state index is 12.1. The van der Waals surface area contributed by atoms with Gasteiger partial charge in [-0.3, -0.25) is 19.2 Å². The standard InChI is InChI=1S/3C15H10O6.C15H10O5/c16-9-5-7(6-10(17)13(9)19)15-14(20)12(18)8-3-1-2-4-11(8)21-15;16-9-6-11(18)10(17)5-8(9)15-14(20)13(19)7-3-1-2-4-12(7)21-15;16-9-6-5-8(12(18)13(9)19)15-14(20)11(17)7-3-1-2-4-10(7)21-15;16-8-5-6-9(11(17)7-8)15-14(19)13(18)10-3-1-2-4-12(10)20-15/h1-6,16-17,19-20H;1-6,16-18,20H;1-6,16,18-20H;1-7,16-17,19H. The Hall–Kier alpha value is -12.4. The normalized spacial score (nSPS) is 10.8. The number of hydrogen-bond donors (Lipinski definition) is 15. The maximum Gasteiger partial charge on any atom is 0.235 e. The summed E-state index contributed by atoms with van der Waals surface area (Å²) in [5, 5.41) is 145. The van der Waals surface area contributed by atoms with Crippen molar-refractivity contribution < 1.29 is 94.3 Å². The van der Waals surface area contributed by atoms with Gasteiger partial charge in [-0.05, 0) is 91.0 Å². The zero-order chi connectivity index (χ0) is 59.7. The lowest BCUT2D eigenvalue weighted by atomic mass is 10.1. The molecule has 4 heterocycles. The number of benzene rings is 8. The topological polar surface area (TPSA) is 424 Å². The van der Waals surface area contributed by atoms with Crippen molar-refractivity contribution in [1.82, 2.24) is 0 Å². The molecule has 0 amide bonds. The zero-order valence-electron chi connectivity index (χ0n) is 41.9. The van der Waals surface area contributed by atoms with Gasteiger partial charge in [-0.25, -0.2) is 0 Å². The Labute approximate surface area is 460 Å². The third-order valence-corrected chi connectivity index (χ3v) is 12.4. The first-order valence-corrected chi connectivity index (χ1v) is 23.8. The average molecular weight is 1130 g/mol. The van der Waals surface area contributed by atoms with E-state index in [0.29, 0.717) is 5.58 Å². The molecule has 12 rings (SSSR count). The Morgan fingerprint density at radius 2 is 0.590 bits per heavy atom. The summed E-state index contributed by atoms with van der Waals surface area (Å²) in [6.07, 6.45) is 0. The largest absolute Gasteiger partial charge is 0.508 e. The molecule has 0 unspecified atom stereocenters. The molecule has 0 atom stereocenters. The molecule has 0 spiro atoms. The fourth-order valence-corrected chi connectivity index (χ4v) is 8.22. The lowest BCUT2D eigenvalue weighted by Crippen LogP contribution is -2.02. The van der Waals surface area contributed by atoms with Crippen LogP contribution in [0, 0.1) is 0 Å². The average Bonchev–Trinajstić information content (AvgIpc) is 3.68. The van der Waals surface area contributed by atoms with Crippen LogP contribution in [-0.4, -0.2) is 76.6 Å². The lowest BCUT2D eigenvalue weighted by Gasteiger charge is -2.09. The van der Waals surface area contributed by atoms with E-state index >= 15 is 0 Å². The van der Waals surface area contributed by atoms with E-state index in [1.54, 1.807) is 66.7 Å². The highest BCUT2D eigenvalue weighted by Gasteiger charge is 2.24. The molecule has 0 fully saturated rings. The second-order valence-electron chi connectivity index (χ2n) is 17.7. The number of phenolic OH excluding ortho intramolecular Hbond substituents is 11. The van der Waals surface area contributed by atoms with Gasteiger partial charge in [-0.1, -0.05) is 48.5 Å². The van der Waals surface area contributed by atoms with Gasteiger partial charge in [0.2, 0.25) is 50.5 Å². The monoisotopic (exact) mass is 1130 g/mol. The highest BCUT2D eigenvalue weighted by atomic mass is 16.4. The summed E-state index contributed by atoms with van der Waals surface area (Å²) < 4.78 is 21.8. The van der Waals surface area contributed by atoms with Crippen molar-refractivity contribution in [2.75, 3.05) is 0 Å². The van der Waals surface area contributed by atoms with Crippen LogP contribution in [0.15, 0.2) is 189 Å². The van der Waals surface area contributed by atoms with E-state index in [-0.39, 0.29) is 95.1 Å². The molecule has 0 radical (unpaired) electrons. The minimum Gasteiger partial charge on any atom is -0.508 e. The van der Waals surface area contributed by atoms with Crippen LogP contribution in [0.2, 0.25) is 0 Å². The summed E-state index contributed by atoms with van der Waals surface area (Å²) in [6, 6.07) is 35.6. The van der Waals surface area contributed by atoms with Gasteiger partial charge in [0.1, 0.15) is 39.6 Å². The van der Waals surface area contributed by atoms with Gasteiger partial charge in [0.25, 0.3) is 0 Å². The first kappa shape index (κ1) is 55.4. The van der Waals surface area contributed by atoms with Gasteiger partial charge in [0, 0.05) is 17.7 Å². The highest BCUT2D eigenvalue weighted by Crippen LogP contribution is 2.46. The first-order valence-electron chi connectivity index (χ1n) is 23.8. The molecule has 0 aliphatic rings. The molecule has 8 aromatic carbocycles. The number of hydrogen-bond acceptors (Lipinski definition) is 23. The van der Waals surface area contributed by atoms with Crippen LogP contribution in [0.1, 0.15) is 0 Å². The fraction of sp³-hybridized carbons (Fsp3) is 0. The highest BCUT2D eigenvalue weighted by molar-refractivity contribution is 5.87. The second kappa shape index (κ2) is 22.2. The fourth-order valence-electron chi connectivity index (χ4n) is 8.22. The van der Waals surface area contributed by atoms with E-state index < -0.39 is 96.5 Å². The van der Waals surface area contributed by atoms with E-state index in [1.165, 1.54) is 48.5 Å². The van der Waals surface area contributed by atoms with Crippen molar-refractivity contribution >= 4 is 43.9 Å². The Morgan fingerprint density at radius 3 is 1.02 bits per heavy atom. The molecule has 12 aromatic rings. The van der Waals surface area contributed by atoms with Gasteiger partial charge < -0.3 is 94.3 Å². The number of aromatic hydroxyl groups is 15. The third kappa shape index (κ3) is 10.6. The smallest absolute Gasteiger partial charge is 0.235 e. The molecule has 0 bridgehead atoms. The first-order chi connectivity index (χ1) is 39.6. The minimum atomic E-state index is -0.761. The van der Waals surface area contributed by atoms with Crippen LogP contribution < -0.4 is 21.7 Å². The van der Waals surface area contributed by atoms with Gasteiger partial charge in [-0.2, -0.15) is 0 Å². The molecule has 83 heavy (non-hydrogen) atoms. The molecule has 0 aliphatic carbocycles. The van der Waals surface area contributed by atoms with Crippen molar-refractivity contribution in [2.45, 2.75) is 0 Å². The molecule has 23 heteroatoms.